The topological polar surface area (TPSA) is 137 Å². The van der Waals surface area contributed by atoms with Gasteiger partial charge in [0, 0.05) is 37.3 Å². The second-order valence-corrected chi connectivity index (χ2v) is 12.1. The van der Waals surface area contributed by atoms with Crippen LogP contribution in [-0.2, 0) is 9.59 Å². The fraction of sp³-hybridized carbons (Fsp3) is 0.323. The van der Waals surface area contributed by atoms with Crippen molar-refractivity contribution in [1.29, 1.82) is 0 Å². The van der Waals surface area contributed by atoms with E-state index in [2.05, 4.69) is 6.58 Å². The van der Waals surface area contributed by atoms with Gasteiger partial charge in [-0.25, -0.2) is 13.9 Å². The monoisotopic (exact) mass is 621 g/mol. The second kappa shape index (κ2) is 11.1. The van der Waals surface area contributed by atoms with Crippen LogP contribution in [0.15, 0.2) is 58.5 Å². The van der Waals surface area contributed by atoms with Crippen molar-refractivity contribution in [2.75, 3.05) is 36.5 Å². The van der Waals surface area contributed by atoms with E-state index in [0.29, 0.717) is 16.6 Å². The molecule has 2 amide bonds. The number of benzene rings is 1. The molecule has 3 aromatic rings. The molecule has 1 aromatic carbocycles. The zero-order valence-electron chi connectivity index (χ0n) is 25.1. The smallest absolute Gasteiger partial charge is 0.284 e. The molecule has 3 N–H and O–H groups in total. The number of aromatic nitrogens is 2. The van der Waals surface area contributed by atoms with E-state index in [0.717, 1.165) is 0 Å². The number of phenols is 1. The van der Waals surface area contributed by atoms with Gasteiger partial charge in [-0.05, 0) is 52.0 Å². The van der Waals surface area contributed by atoms with Crippen LogP contribution in [0, 0.1) is 5.82 Å². The van der Waals surface area contributed by atoms with E-state index in [4.69, 9.17) is 27.3 Å². The summed E-state index contributed by atoms with van der Waals surface area (Å²) in [6.07, 6.45) is 2.50. The van der Waals surface area contributed by atoms with Gasteiger partial charge in [-0.2, -0.15) is 0 Å². The van der Waals surface area contributed by atoms with E-state index in [-0.39, 0.29) is 70.6 Å². The molecule has 13 heteroatoms. The molecule has 11 nitrogen and oxygen atoms in total. The molecule has 1 saturated heterocycles. The summed E-state index contributed by atoms with van der Waals surface area (Å²) in [5.41, 5.74) is 5.27. The molecule has 4 heterocycles. The van der Waals surface area contributed by atoms with Crippen molar-refractivity contribution in [3.05, 3.63) is 69.9 Å². The molecule has 230 valence electrons. The molecule has 0 spiro atoms. The summed E-state index contributed by atoms with van der Waals surface area (Å²) in [6.45, 7) is 11.4. The first-order valence-electron chi connectivity index (χ1n) is 13.9. The maximum Gasteiger partial charge on any atom is 0.284 e. The number of piperazine rings is 1. The summed E-state index contributed by atoms with van der Waals surface area (Å²) in [4.78, 5) is 54.9. The molecule has 0 saturated carbocycles. The Morgan fingerprint density at radius 3 is 2.57 bits per heavy atom. The minimum absolute atomic E-state index is 0.00210. The lowest BCUT2D eigenvalue weighted by Crippen LogP contribution is -2.63. The number of pyridine rings is 2. The van der Waals surface area contributed by atoms with Crippen molar-refractivity contribution in [3.8, 4) is 17.0 Å². The number of rotatable bonds is 3. The normalized spacial score (nSPS) is 17.6. The molecule has 0 radical (unpaired) electrons. The van der Waals surface area contributed by atoms with E-state index in [9.17, 15) is 19.5 Å². The quantitative estimate of drug-likeness (QED) is 0.259. The van der Waals surface area contributed by atoms with Crippen LogP contribution in [0.1, 0.15) is 27.7 Å². The van der Waals surface area contributed by atoms with Gasteiger partial charge in [-0.3, -0.25) is 19.4 Å². The lowest BCUT2D eigenvalue weighted by molar-refractivity contribution is -0.128. The van der Waals surface area contributed by atoms with Gasteiger partial charge in [-0.15, -0.1) is 0 Å². The first-order chi connectivity index (χ1) is 20.7. The summed E-state index contributed by atoms with van der Waals surface area (Å²) in [5, 5.41) is 11.0. The van der Waals surface area contributed by atoms with Crippen LogP contribution in [0.3, 0.4) is 0 Å². The number of fused-ring (bicyclic) bond motifs is 5. The third-order valence-electron chi connectivity index (χ3n) is 7.64. The Bertz CT molecular complexity index is 1840. The second-order valence-electron chi connectivity index (χ2n) is 11.7. The van der Waals surface area contributed by atoms with Gasteiger partial charge in [0.15, 0.2) is 5.65 Å². The molecule has 0 bridgehead atoms. The van der Waals surface area contributed by atoms with Crippen molar-refractivity contribution < 1.29 is 19.1 Å². The SMILES string of the molecule is C=CC(=O)N1CCN2c3c(c(=O)n(C(=NC(C)(C)C)C(C)=CN)c4nc(-c5c(O)cccc5F)c(Cl)cc34)N(C)C(=O)[C@H]2C1. The molecule has 2 aromatic heterocycles. The fourth-order valence-corrected chi connectivity index (χ4v) is 5.84. The Kier molecular flexibility index (Phi) is 7.75. The molecular formula is C31H33ClFN7O4. The predicted octanol–water partition coefficient (Wildman–Crippen LogP) is 3.65. The van der Waals surface area contributed by atoms with Crippen LogP contribution in [0.25, 0.3) is 22.3 Å². The van der Waals surface area contributed by atoms with Gasteiger partial charge in [0.2, 0.25) is 5.91 Å². The number of hydrogen-bond donors (Lipinski definition) is 2. The van der Waals surface area contributed by atoms with Crippen LogP contribution in [0.5, 0.6) is 5.75 Å². The van der Waals surface area contributed by atoms with Crippen molar-refractivity contribution in [2.24, 2.45) is 10.7 Å². The molecule has 0 unspecified atom stereocenters. The number of allylic oxidation sites excluding steroid dienone is 1. The van der Waals surface area contributed by atoms with E-state index in [1.807, 2.05) is 20.8 Å². The van der Waals surface area contributed by atoms with Crippen LogP contribution in [0.4, 0.5) is 15.8 Å². The number of nitrogens with two attached hydrogens (primary N) is 1. The minimum Gasteiger partial charge on any atom is -0.507 e. The Balaban J connectivity index is 1.93. The fourth-order valence-electron chi connectivity index (χ4n) is 5.60. The Hall–Kier alpha value is -4.71. The summed E-state index contributed by atoms with van der Waals surface area (Å²) in [7, 11) is 1.50. The average Bonchev–Trinajstić information content (AvgIpc) is 2.97. The number of carbonyl (C=O) groups is 2. The molecular weight excluding hydrogens is 589 g/mol. The third-order valence-corrected chi connectivity index (χ3v) is 7.93. The number of amides is 2. The lowest BCUT2D eigenvalue weighted by Gasteiger charge is -2.47. The number of aliphatic imine (C=N–C) groups is 1. The maximum absolute atomic E-state index is 15.1. The summed E-state index contributed by atoms with van der Waals surface area (Å²) < 4.78 is 16.4. The van der Waals surface area contributed by atoms with E-state index in [1.165, 1.54) is 58.0 Å². The molecule has 1 atom stereocenters. The highest BCUT2D eigenvalue weighted by atomic mass is 35.5. The summed E-state index contributed by atoms with van der Waals surface area (Å²) >= 11 is 6.76. The van der Waals surface area contributed by atoms with E-state index in [1.54, 1.807) is 11.8 Å². The van der Waals surface area contributed by atoms with Gasteiger partial charge >= 0.3 is 0 Å². The number of likely N-dealkylation sites (N-methyl/N-ethyl adjacent to an activating group) is 1. The average molecular weight is 622 g/mol. The molecule has 2 aliphatic rings. The maximum atomic E-state index is 15.1. The number of carbonyl (C=O) groups excluding carboxylic acids is 2. The number of hydrogen-bond acceptors (Lipinski definition) is 8. The Morgan fingerprint density at radius 1 is 1.25 bits per heavy atom. The Labute approximate surface area is 258 Å². The van der Waals surface area contributed by atoms with Crippen molar-refractivity contribution in [3.63, 3.8) is 0 Å². The minimum atomic E-state index is -0.800. The zero-order valence-corrected chi connectivity index (χ0v) is 25.8. The number of halogens is 2. The number of phenolic OH excluding ortho intramolecular Hbond substituents is 1. The third kappa shape index (κ3) is 4.98. The largest absolute Gasteiger partial charge is 0.507 e. The molecule has 0 aliphatic carbocycles. The lowest BCUT2D eigenvalue weighted by atomic mass is 10.0. The van der Waals surface area contributed by atoms with Crippen molar-refractivity contribution >= 4 is 51.7 Å². The first-order valence-corrected chi connectivity index (χ1v) is 14.3. The van der Waals surface area contributed by atoms with Gasteiger partial charge in [0.05, 0.1) is 34.1 Å². The van der Waals surface area contributed by atoms with Gasteiger partial charge in [0.25, 0.3) is 11.5 Å². The van der Waals surface area contributed by atoms with Gasteiger partial charge in [0.1, 0.15) is 29.1 Å². The van der Waals surface area contributed by atoms with Crippen LogP contribution in [0.2, 0.25) is 5.02 Å². The molecule has 44 heavy (non-hydrogen) atoms. The summed E-state index contributed by atoms with van der Waals surface area (Å²) in [5.74, 6) is -1.67. The summed E-state index contributed by atoms with van der Waals surface area (Å²) in [6, 6.07) is 4.57. The van der Waals surface area contributed by atoms with E-state index < -0.39 is 23.0 Å². The highest BCUT2D eigenvalue weighted by molar-refractivity contribution is 6.34. The molecule has 1 fully saturated rings. The van der Waals surface area contributed by atoms with Crippen LogP contribution < -0.4 is 21.1 Å². The number of aromatic hydroxyl groups is 1. The Morgan fingerprint density at radius 2 is 1.95 bits per heavy atom. The zero-order chi connectivity index (χ0) is 32.2. The number of anilines is 2. The van der Waals surface area contributed by atoms with Crippen LogP contribution in [-0.4, -0.2) is 75.5 Å². The standard InChI is InChI=1S/C31H33ClFN7O4/c1-7-22(42)38-11-12-39-20(15-38)29(43)37(6)26-25(39)17-13-18(32)24(23-19(33)9-8-10-21(23)41)35-28(17)40(30(26)44)27(16(2)14-34)36-31(3,4)5/h7-10,13-14,20,41H,1,11-12,15,34H2,2-6H3/t20-/m1/s1. The van der Waals surface area contributed by atoms with Crippen LogP contribution >= 0.6 is 11.6 Å². The van der Waals surface area contributed by atoms with Gasteiger partial charge < -0.3 is 25.5 Å². The highest BCUT2D eigenvalue weighted by Crippen LogP contribution is 2.43. The predicted molar refractivity (Wildman–Crippen MR) is 170 cm³/mol. The molecule has 2 aliphatic heterocycles. The highest BCUT2D eigenvalue weighted by Gasteiger charge is 2.44. The number of nitrogens with zero attached hydrogens (tertiary/aromatic N) is 6. The van der Waals surface area contributed by atoms with Crippen molar-refractivity contribution in [2.45, 2.75) is 39.3 Å². The van der Waals surface area contributed by atoms with Crippen molar-refractivity contribution in [1.82, 2.24) is 14.5 Å². The molecule has 5 rings (SSSR count). The van der Waals surface area contributed by atoms with Gasteiger partial charge in [-0.1, -0.05) is 24.2 Å². The first kappa shape index (κ1) is 30.7. The van der Waals surface area contributed by atoms with E-state index >= 15 is 4.39 Å².